The number of amides is 2. The van der Waals surface area contributed by atoms with Crippen LogP contribution in [0.4, 0.5) is 5.69 Å². The van der Waals surface area contributed by atoms with Crippen molar-refractivity contribution in [3.05, 3.63) is 70.7 Å². The van der Waals surface area contributed by atoms with E-state index in [2.05, 4.69) is 10.4 Å². The average Bonchev–Trinajstić information content (AvgIpc) is 3.40. The van der Waals surface area contributed by atoms with Crippen LogP contribution in [0.25, 0.3) is 11.5 Å². The molecule has 1 aliphatic rings. The molecule has 0 bridgehead atoms. The molecule has 0 spiro atoms. The number of nitrogens with zero attached hydrogens (tertiary/aromatic N) is 3. The van der Waals surface area contributed by atoms with E-state index in [0.29, 0.717) is 18.0 Å². The molecule has 0 saturated carbocycles. The average molecular weight is 406 g/mol. The Morgan fingerprint density at radius 2 is 1.97 bits per heavy atom. The molecule has 0 aliphatic carbocycles. The molecule has 4 rings (SSSR count). The molecule has 1 aliphatic heterocycles. The second-order valence-corrected chi connectivity index (χ2v) is 7.29. The highest BCUT2D eigenvalue weighted by molar-refractivity contribution is 6.00. The van der Waals surface area contributed by atoms with Crippen molar-refractivity contribution >= 4 is 17.5 Å². The summed E-state index contributed by atoms with van der Waals surface area (Å²) in [7, 11) is 0. The Morgan fingerprint density at radius 3 is 2.70 bits per heavy atom. The summed E-state index contributed by atoms with van der Waals surface area (Å²) in [6.07, 6.45) is 1.71. The quantitative estimate of drug-likeness (QED) is 0.675. The third-order valence-electron chi connectivity index (χ3n) is 5.10. The Bertz CT molecular complexity index is 1100. The summed E-state index contributed by atoms with van der Waals surface area (Å²) in [6.45, 7) is 2.79. The fourth-order valence-corrected chi connectivity index (χ4v) is 3.45. The summed E-state index contributed by atoms with van der Waals surface area (Å²) in [5, 5.41) is 7.09. The van der Waals surface area contributed by atoms with E-state index in [1.807, 2.05) is 31.2 Å². The zero-order valence-corrected chi connectivity index (χ0v) is 16.6. The molecule has 3 aromatic rings. The van der Waals surface area contributed by atoms with Crippen molar-refractivity contribution in [3.63, 3.8) is 0 Å². The van der Waals surface area contributed by atoms with E-state index in [9.17, 15) is 14.4 Å². The molecule has 2 amide bonds. The van der Waals surface area contributed by atoms with Crippen LogP contribution in [-0.4, -0.2) is 34.7 Å². The first kappa shape index (κ1) is 19.6. The number of benzene rings is 1. The van der Waals surface area contributed by atoms with E-state index >= 15 is 0 Å². The fourth-order valence-electron chi connectivity index (χ4n) is 3.45. The molecule has 8 heteroatoms. The lowest BCUT2D eigenvalue weighted by Crippen LogP contribution is -2.36. The zero-order chi connectivity index (χ0) is 21.1. The Hall–Kier alpha value is -3.68. The van der Waals surface area contributed by atoms with Gasteiger partial charge < -0.3 is 14.6 Å². The molecular formula is C22H22N4O4. The van der Waals surface area contributed by atoms with Crippen molar-refractivity contribution in [2.75, 3.05) is 18.0 Å². The third kappa shape index (κ3) is 4.17. The summed E-state index contributed by atoms with van der Waals surface area (Å²) in [6, 6.07) is 14.2. The van der Waals surface area contributed by atoms with Gasteiger partial charge >= 0.3 is 0 Å². The number of carbonyl (C=O) groups is 2. The number of furan rings is 1. The minimum absolute atomic E-state index is 0.0666. The monoisotopic (exact) mass is 406 g/mol. The van der Waals surface area contributed by atoms with Crippen LogP contribution in [0.1, 0.15) is 12.0 Å². The molecule has 1 N–H and O–H groups in total. The standard InChI is InChI=1S/C22H22N4O4/c1-15-4-6-17(7-5-15)25-14-16(13-21(25)28)22(29)23-10-11-26-20(27)9-8-18(24-26)19-3-2-12-30-19/h2-9,12,16H,10-11,13-14H2,1H3,(H,23,29). The van der Waals surface area contributed by atoms with E-state index in [4.69, 9.17) is 4.42 Å². The second-order valence-electron chi connectivity index (χ2n) is 7.29. The van der Waals surface area contributed by atoms with E-state index < -0.39 is 5.92 Å². The van der Waals surface area contributed by atoms with Crippen molar-refractivity contribution in [1.82, 2.24) is 15.1 Å². The first-order chi connectivity index (χ1) is 14.5. The van der Waals surface area contributed by atoms with Crippen LogP contribution < -0.4 is 15.8 Å². The van der Waals surface area contributed by atoms with E-state index in [0.717, 1.165) is 11.3 Å². The minimum Gasteiger partial charge on any atom is -0.463 e. The number of hydrogen-bond donors (Lipinski definition) is 1. The molecule has 1 saturated heterocycles. The largest absolute Gasteiger partial charge is 0.463 e. The maximum atomic E-state index is 12.5. The number of aryl methyl sites for hydroxylation is 1. The van der Waals surface area contributed by atoms with Gasteiger partial charge in [-0.3, -0.25) is 14.4 Å². The molecule has 8 nitrogen and oxygen atoms in total. The molecule has 3 heterocycles. The van der Waals surface area contributed by atoms with Gasteiger partial charge in [0.05, 0.1) is 18.7 Å². The van der Waals surface area contributed by atoms with Crippen molar-refractivity contribution in [2.24, 2.45) is 5.92 Å². The third-order valence-corrected chi connectivity index (χ3v) is 5.10. The predicted molar refractivity (Wildman–Crippen MR) is 111 cm³/mol. The molecule has 30 heavy (non-hydrogen) atoms. The maximum Gasteiger partial charge on any atom is 0.266 e. The maximum absolute atomic E-state index is 12.5. The van der Waals surface area contributed by atoms with Gasteiger partial charge in [0.1, 0.15) is 5.69 Å². The van der Waals surface area contributed by atoms with E-state index in [1.54, 1.807) is 23.1 Å². The number of anilines is 1. The summed E-state index contributed by atoms with van der Waals surface area (Å²) < 4.78 is 6.59. The van der Waals surface area contributed by atoms with Crippen LogP contribution in [0.5, 0.6) is 0 Å². The molecule has 154 valence electrons. The Kier molecular flexibility index (Phi) is 5.47. The van der Waals surface area contributed by atoms with Crippen molar-refractivity contribution in [2.45, 2.75) is 19.9 Å². The fraction of sp³-hybridized carbons (Fsp3) is 0.273. The topological polar surface area (TPSA) is 97.4 Å². The SMILES string of the molecule is Cc1ccc(N2CC(C(=O)NCCn3nc(-c4ccco4)ccc3=O)CC2=O)cc1. The molecule has 1 unspecified atom stereocenters. The van der Waals surface area contributed by atoms with Crippen LogP contribution in [0.2, 0.25) is 0 Å². The summed E-state index contributed by atoms with van der Waals surface area (Å²) >= 11 is 0. The van der Waals surface area contributed by atoms with E-state index in [1.165, 1.54) is 17.0 Å². The highest BCUT2D eigenvalue weighted by atomic mass is 16.3. The highest BCUT2D eigenvalue weighted by Crippen LogP contribution is 2.25. The van der Waals surface area contributed by atoms with Gasteiger partial charge in [0.2, 0.25) is 11.8 Å². The van der Waals surface area contributed by atoms with Crippen LogP contribution >= 0.6 is 0 Å². The van der Waals surface area contributed by atoms with Crippen LogP contribution in [-0.2, 0) is 16.1 Å². The lowest BCUT2D eigenvalue weighted by molar-refractivity contribution is -0.126. The lowest BCUT2D eigenvalue weighted by atomic mass is 10.1. The normalized spacial score (nSPS) is 16.1. The van der Waals surface area contributed by atoms with Gasteiger partial charge in [-0.05, 0) is 37.3 Å². The Morgan fingerprint density at radius 1 is 1.17 bits per heavy atom. The highest BCUT2D eigenvalue weighted by Gasteiger charge is 2.34. The number of hydrogen-bond acceptors (Lipinski definition) is 5. The summed E-state index contributed by atoms with van der Waals surface area (Å²) in [5.41, 5.74) is 2.19. The molecule has 1 atom stereocenters. The lowest BCUT2D eigenvalue weighted by Gasteiger charge is -2.17. The smallest absolute Gasteiger partial charge is 0.266 e. The number of rotatable bonds is 6. The number of aromatic nitrogens is 2. The molecular weight excluding hydrogens is 384 g/mol. The van der Waals surface area contributed by atoms with Gasteiger partial charge in [-0.1, -0.05) is 17.7 Å². The number of carbonyl (C=O) groups excluding carboxylic acids is 2. The Labute approximate surface area is 173 Å². The summed E-state index contributed by atoms with van der Waals surface area (Å²) in [5.74, 6) is -0.123. The molecule has 1 fully saturated rings. The van der Waals surface area contributed by atoms with Gasteiger partial charge in [-0.25, -0.2) is 4.68 Å². The predicted octanol–water partition coefficient (Wildman–Crippen LogP) is 1.98. The first-order valence-corrected chi connectivity index (χ1v) is 9.78. The Balaban J connectivity index is 1.34. The van der Waals surface area contributed by atoms with E-state index in [-0.39, 0.29) is 36.9 Å². The van der Waals surface area contributed by atoms with Crippen molar-refractivity contribution in [3.8, 4) is 11.5 Å². The molecule has 0 radical (unpaired) electrons. The number of nitrogens with one attached hydrogen (secondary N) is 1. The first-order valence-electron chi connectivity index (χ1n) is 9.78. The van der Waals surface area contributed by atoms with Gasteiger partial charge in [0, 0.05) is 31.3 Å². The van der Waals surface area contributed by atoms with Gasteiger partial charge in [0.25, 0.3) is 5.56 Å². The zero-order valence-electron chi connectivity index (χ0n) is 16.6. The molecule has 2 aromatic heterocycles. The van der Waals surface area contributed by atoms with Crippen LogP contribution in [0, 0.1) is 12.8 Å². The van der Waals surface area contributed by atoms with Crippen LogP contribution in [0.15, 0.2) is 64.0 Å². The van der Waals surface area contributed by atoms with Gasteiger partial charge in [-0.2, -0.15) is 5.10 Å². The second kappa shape index (κ2) is 8.36. The minimum atomic E-state index is -0.419. The summed E-state index contributed by atoms with van der Waals surface area (Å²) in [4.78, 5) is 38.6. The van der Waals surface area contributed by atoms with Crippen LogP contribution in [0.3, 0.4) is 0 Å². The van der Waals surface area contributed by atoms with Gasteiger partial charge in [0.15, 0.2) is 5.76 Å². The van der Waals surface area contributed by atoms with Crippen molar-refractivity contribution < 1.29 is 14.0 Å². The molecule has 1 aromatic carbocycles. The van der Waals surface area contributed by atoms with Crippen molar-refractivity contribution in [1.29, 1.82) is 0 Å². The van der Waals surface area contributed by atoms with Gasteiger partial charge in [-0.15, -0.1) is 0 Å².